The lowest BCUT2D eigenvalue weighted by molar-refractivity contribution is -0.115. The minimum Gasteiger partial charge on any atom is -0.493 e. The predicted molar refractivity (Wildman–Crippen MR) is 210 cm³/mol. The maximum atomic E-state index is 13.8. The molecule has 12 nitrogen and oxygen atoms in total. The number of thiophene rings is 1. The number of fused-ring (bicyclic) bond motifs is 1. The number of hydrogen-bond donors (Lipinski definition) is 3. The molecule has 1 atom stereocenters. The van der Waals surface area contributed by atoms with E-state index >= 15 is 0 Å². The monoisotopic (exact) mass is 767 g/mol. The Morgan fingerprint density at radius 3 is 2.41 bits per heavy atom. The second-order valence-electron chi connectivity index (χ2n) is 13.2. The van der Waals surface area contributed by atoms with Crippen LogP contribution in [0.25, 0.3) is 6.08 Å². The van der Waals surface area contributed by atoms with Crippen molar-refractivity contribution in [3.05, 3.63) is 106 Å². The van der Waals surface area contributed by atoms with Crippen LogP contribution in [0.5, 0.6) is 11.5 Å². The number of carbonyl (C=O) groups excluding carboxylic acids is 4. The van der Waals surface area contributed by atoms with Crippen molar-refractivity contribution in [3.8, 4) is 17.6 Å². The summed E-state index contributed by atoms with van der Waals surface area (Å²) < 4.78 is 16.5. The molecule has 1 aliphatic heterocycles. The first-order valence-electron chi connectivity index (χ1n) is 17.0. The number of nitrogens with zero attached hydrogens (tertiary/aromatic N) is 2. The molecule has 280 valence electrons. The molecule has 0 radical (unpaired) electrons. The summed E-state index contributed by atoms with van der Waals surface area (Å²) in [6, 6.07) is 22.9. The minimum absolute atomic E-state index is 0.0395. The number of ether oxygens (including phenoxy) is 3. The maximum absolute atomic E-state index is 13.8. The van der Waals surface area contributed by atoms with Gasteiger partial charge in [-0.3, -0.25) is 14.4 Å². The van der Waals surface area contributed by atoms with Gasteiger partial charge in [0.1, 0.15) is 22.4 Å². The Kier molecular flexibility index (Phi) is 12.7. The van der Waals surface area contributed by atoms with E-state index in [4.69, 9.17) is 14.2 Å². The van der Waals surface area contributed by atoms with Gasteiger partial charge in [-0.25, -0.2) is 4.79 Å². The van der Waals surface area contributed by atoms with Crippen molar-refractivity contribution in [2.24, 2.45) is 0 Å². The summed E-state index contributed by atoms with van der Waals surface area (Å²) >= 11 is 2.56. The van der Waals surface area contributed by atoms with E-state index in [2.05, 4.69) is 22.0 Å². The van der Waals surface area contributed by atoms with Crippen LogP contribution in [-0.2, 0) is 27.3 Å². The lowest BCUT2D eigenvalue weighted by Crippen LogP contribution is -2.39. The summed E-state index contributed by atoms with van der Waals surface area (Å²) in [5.74, 6) is -0.537. The van der Waals surface area contributed by atoms with Gasteiger partial charge in [-0.15, -0.1) is 23.1 Å². The number of carbonyl (C=O) groups is 4. The first-order chi connectivity index (χ1) is 25.8. The number of benzene rings is 3. The number of thioether (sulfide) groups is 1. The van der Waals surface area contributed by atoms with Gasteiger partial charge in [-0.05, 0) is 82.2 Å². The molecule has 3 aromatic carbocycles. The Bertz CT molecular complexity index is 2120. The molecule has 5 rings (SSSR count). The van der Waals surface area contributed by atoms with E-state index in [0.717, 1.165) is 10.4 Å². The number of rotatable bonds is 11. The smallest absolute Gasteiger partial charge is 0.410 e. The number of amides is 4. The van der Waals surface area contributed by atoms with Crippen molar-refractivity contribution in [1.82, 2.24) is 10.2 Å². The van der Waals surface area contributed by atoms with E-state index in [0.29, 0.717) is 63.3 Å². The molecule has 54 heavy (non-hydrogen) atoms. The molecule has 14 heteroatoms. The van der Waals surface area contributed by atoms with Crippen LogP contribution in [0, 0.1) is 11.3 Å². The van der Waals surface area contributed by atoms with E-state index in [-0.39, 0.29) is 11.6 Å². The topological polar surface area (TPSA) is 159 Å². The number of nitrogens with one attached hydrogen (secondary N) is 3. The second kappa shape index (κ2) is 17.4. The molecule has 0 saturated heterocycles. The summed E-state index contributed by atoms with van der Waals surface area (Å²) in [4.78, 5) is 56.1. The summed E-state index contributed by atoms with van der Waals surface area (Å²) in [6.07, 6.45) is 1.57. The Hall–Kier alpha value is -5.78. The highest BCUT2D eigenvalue weighted by atomic mass is 32.2. The number of anilines is 2. The predicted octanol–water partition coefficient (Wildman–Crippen LogP) is 7.46. The van der Waals surface area contributed by atoms with E-state index in [1.807, 2.05) is 26.8 Å². The van der Waals surface area contributed by atoms with E-state index in [9.17, 15) is 24.4 Å². The first kappa shape index (κ1) is 39.4. The van der Waals surface area contributed by atoms with Crippen molar-refractivity contribution in [2.75, 3.05) is 31.4 Å². The molecule has 1 unspecified atom stereocenters. The van der Waals surface area contributed by atoms with Crippen molar-refractivity contribution >= 4 is 63.7 Å². The van der Waals surface area contributed by atoms with Crippen LogP contribution >= 0.6 is 23.1 Å². The fourth-order valence-corrected chi connectivity index (χ4v) is 7.68. The third-order valence-electron chi connectivity index (χ3n) is 8.09. The van der Waals surface area contributed by atoms with Gasteiger partial charge < -0.3 is 35.1 Å². The van der Waals surface area contributed by atoms with Crippen LogP contribution in [0.1, 0.15) is 59.6 Å². The number of nitriles is 1. The molecule has 0 spiro atoms. The van der Waals surface area contributed by atoms with Gasteiger partial charge >= 0.3 is 6.09 Å². The Morgan fingerprint density at radius 1 is 0.981 bits per heavy atom. The van der Waals surface area contributed by atoms with Gasteiger partial charge in [-0.2, -0.15) is 5.26 Å². The molecule has 2 heterocycles. The molecule has 0 aliphatic carbocycles. The third-order valence-corrected chi connectivity index (χ3v) is 10.3. The third kappa shape index (κ3) is 9.80. The number of hydrogen-bond acceptors (Lipinski definition) is 10. The minimum atomic E-state index is -0.630. The summed E-state index contributed by atoms with van der Waals surface area (Å²) in [5.41, 5.74) is 1.88. The molecule has 0 bridgehead atoms. The van der Waals surface area contributed by atoms with Gasteiger partial charge in [0, 0.05) is 33.1 Å². The average molecular weight is 768 g/mol. The molecule has 3 N–H and O–H groups in total. The zero-order valence-corrected chi connectivity index (χ0v) is 32.4. The molecular formula is C40H41N5O7S2. The van der Waals surface area contributed by atoms with Crippen molar-refractivity contribution < 1.29 is 33.4 Å². The zero-order chi connectivity index (χ0) is 39.0. The van der Waals surface area contributed by atoms with Crippen LogP contribution in [0.15, 0.2) is 83.4 Å². The van der Waals surface area contributed by atoms with Crippen LogP contribution < -0.4 is 25.4 Å². The molecule has 1 aromatic heterocycles. The van der Waals surface area contributed by atoms with Crippen molar-refractivity contribution in [2.45, 2.75) is 56.4 Å². The summed E-state index contributed by atoms with van der Waals surface area (Å²) in [5, 5.41) is 18.3. The Morgan fingerprint density at radius 2 is 1.72 bits per heavy atom. The highest BCUT2D eigenvalue weighted by Crippen LogP contribution is 2.38. The van der Waals surface area contributed by atoms with Crippen molar-refractivity contribution in [3.63, 3.8) is 0 Å². The SMILES string of the molecule is COc1cccc(/C=C(/NC(=O)c2ccccc2)C(=O)Nc2cccc(SC(C)C(=O)Nc3sc4c(c3C#N)CCN(C(=O)OC(C)(C)C)C4)c2)c1OC. The van der Waals surface area contributed by atoms with Crippen LogP contribution in [0.4, 0.5) is 15.5 Å². The van der Waals surface area contributed by atoms with Gasteiger partial charge in [0.05, 0.1) is 31.6 Å². The summed E-state index contributed by atoms with van der Waals surface area (Å²) in [7, 11) is 2.99. The maximum Gasteiger partial charge on any atom is 0.410 e. The fourth-order valence-electron chi connectivity index (χ4n) is 5.53. The first-order valence-corrected chi connectivity index (χ1v) is 18.7. The van der Waals surface area contributed by atoms with Crippen LogP contribution in [0.3, 0.4) is 0 Å². The zero-order valence-electron chi connectivity index (χ0n) is 30.8. The molecule has 0 saturated carbocycles. The lowest BCUT2D eigenvalue weighted by Gasteiger charge is -2.29. The Balaban J connectivity index is 1.29. The molecule has 4 amide bonds. The standard InChI is InChI=1S/C40H41N5O7S2/c1-24(35(46)44-38-30(22-41)29-18-19-45(23-33(29)54-38)39(49)52-40(2,3)4)53-28-16-11-15-27(21-28)42-37(48)31(43-36(47)25-12-8-7-9-13-25)20-26-14-10-17-32(50-5)34(26)51-6/h7-17,20-21,24H,18-19,23H2,1-6H3,(H,42,48)(H,43,47)(H,44,46)/b31-20+. The van der Waals surface area contributed by atoms with E-state index in [1.165, 1.54) is 43.4 Å². The molecule has 0 fully saturated rings. The quantitative estimate of drug-likeness (QED) is 0.104. The highest BCUT2D eigenvalue weighted by Gasteiger charge is 2.30. The van der Waals surface area contributed by atoms with Crippen LogP contribution in [-0.4, -0.2) is 60.3 Å². The van der Waals surface area contributed by atoms with Gasteiger partial charge in [0.15, 0.2) is 11.5 Å². The number of para-hydroxylation sites is 1. The summed E-state index contributed by atoms with van der Waals surface area (Å²) in [6.45, 7) is 7.88. The van der Waals surface area contributed by atoms with Gasteiger partial charge in [-0.1, -0.05) is 36.4 Å². The largest absolute Gasteiger partial charge is 0.493 e. The Labute approximate surface area is 322 Å². The van der Waals surface area contributed by atoms with E-state index < -0.39 is 28.8 Å². The average Bonchev–Trinajstić information content (AvgIpc) is 3.50. The highest BCUT2D eigenvalue weighted by molar-refractivity contribution is 8.00. The molecule has 1 aliphatic rings. The van der Waals surface area contributed by atoms with Gasteiger partial charge in [0.25, 0.3) is 11.8 Å². The van der Waals surface area contributed by atoms with Gasteiger partial charge in [0.2, 0.25) is 5.91 Å². The van der Waals surface area contributed by atoms with E-state index in [1.54, 1.807) is 78.6 Å². The lowest BCUT2D eigenvalue weighted by atomic mass is 10.0. The molecule has 4 aromatic rings. The second-order valence-corrected chi connectivity index (χ2v) is 15.7. The molecular weight excluding hydrogens is 727 g/mol. The van der Waals surface area contributed by atoms with Crippen molar-refractivity contribution in [1.29, 1.82) is 5.26 Å². The van der Waals surface area contributed by atoms with Crippen LogP contribution in [0.2, 0.25) is 0 Å². The fraction of sp³-hybridized carbons (Fsp3) is 0.275. The normalized spacial score (nSPS) is 13.1. The number of methoxy groups -OCH3 is 2.